The Morgan fingerprint density at radius 1 is 1.15 bits per heavy atom. The number of nitrogens with zero attached hydrogens (tertiary/aromatic N) is 4. The number of carbonyl (C=O) groups excluding carboxylic acids is 2. The van der Waals surface area contributed by atoms with Crippen molar-refractivity contribution in [2.45, 2.75) is 26.3 Å². The molecule has 0 atom stereocenters. The molecular weight excluding hydrogens is 524 g/mol. The summed E-state index contributed by atoms with van der Waals surface area (Å²) in [4.78, 5) is 38.1. The lowest BCUT2D eigenvalue weighted by molar-refractivity contribution is 0.101. The molecule has 1 amide bonds. The van der Waals surface area contributed by atoms with Gasteiger partial charge in [-0.3, -0.25) is 19.6 Å². The van der Waals surface area contributed by atoms with E-state index >= 15 is 0 Å². The summed E-state index contributed by atoms with van der Waals surface area (Å²) < 4.78 is 1.87. The van der Waals surface area contributed by atoms with Crippen molar-refractivity contribution >= 4 is 40.4 Å². The summed E-state index contributed by atoms with van der Waals surface area (Å²) in [7, 11) is 1.88. The Morgan fingerprint density at radius 2 is 1.98 bits per heavy atom. The van der Waals surface area contributed by atoms with Gasteiger partial charge >= 0.3 is 0 Å². The number of nitrogens with one attached hydrogen (secondary N) is 2. The molecule has 3 aromatic heterocycles. The van der Waals surface area contributed by atoms with Gasteiger partial charge in [-0.25, -0.2) is 4.98 Å². The molecule has 1 aliphatic heterocycles. The standard InChI is InChI=1S/C31H27ClN6O2/c1-18-20(14-25-29-21(9-12-34-25)13-19(17-39)15-35-29)5-3-6-22(18)23-7-4-8-24(28(23)32)37-31(40)30-36-26-16-33-11-10-27(26)38(30)2/h3-9,12-13,15,17,33H,10-11,14,16H2,1-2H3,(H,37,40). The molecule has 200 valence electrons. The summed E-state index contributed by atoms with van der Waals surface area (Å²) in [5.41, 5.74) is 8.57. The van der Waals surface area contributed by atoms with E-state index in [1.807, 2.05) is 48.0 Å². The molecule has 0 aliphatic carbocycles. The second-order valence-electron chi connectivity index (χ2n) is 9.92. The minimum Gasteiger partial charge on any atom is -0.327 e. The van der Waals surface area contributed by atoms with E-state index in [0.29, 0.717) is 35.1 Å². The highest BCUT2D eigenvalue weighted by Gasteiger charge is 2.23. The number of aldehydes is 1. The molecule has 5 aromatic rings. The SMILES string of the molecule is Cc1c(Cc2nccc3cc(C=O)cnc23)cccc1-c1cccc(NC(=O)c2nc3c(n2C)CCNC3)c1Cl. The Hall–Kier alpha value is -4.40. The van der Waals surface area contributed by atoms with Crippen LogP contribution in [0, 0.1) is 6.92 Å². The highest BCUT2D eigenvalue weighted by molar-refractivity contribution is 6.36. The highest BCUT2D eigenvalue weighted by Crippen LogP contribution is 2.37. The van der Waals surface area contributed by atoms with Crippen molar-refractivity contribution in [2.75, 3.05) is 11.9 Å². The molecule has 0 spiro atoms. The van der Waals surface area contributed by atoms with Crippen LogP contribution in [0.15, 0.2) is 60.9 Å². The molecule has 6 rings (SSSR count). The summed E-state index contributed by atoms with van der Waals surface area (Å²) in [5.74, 6) is 0.0681. The van der Waals surface area contributed by atoms with Crippen LogP contribution in [0.5, 0.6) is 0 Å². The first-order valence-electron chi connectivity index (χ1n) is 13.1. The summed E-state index contributed by atoms with van der Waals surface area (Å²) >= 11 is 6.90. The maximum absolute atomic E-state index is 13.2. The number of benzene rings is 2. The summed E-state index contributed by atoms with van der Waals surface area (Å²) in [5, 5.41) is 7.60. The first kappa shape index (κ1) is 25.9. The molecule has 9 heteroatoms. The molecule has 0 unspecified atom stereocenters. The lowest BCUT2D eigenvalue weighted by Gasteiger charge is -2.16. The van der Waals surface area contributed by atoms with Crippen LogP contribution in [0.1, 0.15) is 49.2 Å². The van der Waals surface area contributed by atoms with Gasteiger partial charge in [-0.1, -0.05) is 41.9 Å². The summed E-state index contributed by atoms with van der Waals surface area (Å²) in [6, 6.07) is 15.4. The number of carbonyl (C=O) groups is 2. The van der Waals surface area contributed by atoms with Crippen LogP contribution in [0.4, 0.5) is 5.69 Å². The van der Waals surface area contributed by atoms with Crippen LogP contribution >= 0.6 is 11.6 Å². The number of rotatable bonds is 6. The molecule has 40 heavy (non-hydrogen) atoms. The molecule has 0 saturated heterocycles. The zero-order chi connectivity index (χ0) is 27.8. The largest absolute Gasteiger partial charge is 0.327 e. The van der Waals surface area contributed by atoms with Crippen LogP contribution in [-0.2, 0) is 26.4 Å². The van der Waals surface area contributed by atoms with Gasteiger partial charge in [-0.15, -0.1) is 0 Å². The van der Waals surface area contributed by atoms with E-state index in [1.165, 1.54) is 0 Å². The zero-order valence-corrected chi connectivity index (χ0v) is 22.9. The van der Waals surface area contributed by atoms with Gasteiger partial charge in [0.05, 0.1) is 27.6 Å². The fraction of sp³-hybridized carbons (Fsp3) is 0.194. The number of halogens is 1. The first-order chi connectivity index (χ1) is 19.4. The smallest absolute Gasteiger partial charge is 0.291 e. The van der Waals surface area contributed by atoms with Crippen molar-refractivity contribution in [1.29, 1.82) is 0 Å². The van der Waals surface area contributed by atoms with Crippen LogP contribution in [0.25, 0.3) is 22.0 Å². The van der Waals surface area contributed by atoms with Crippen molar-refractivity contribution in [3.63, 3.8) is 0 Å². The number of anilines is 1. The van der Waals surface area contributed by atoms with Crippen LogP contribution in [-0.4, -0.2) is 38.3 Å². The van der Waals surface area contributed by atoms with Crippen molar-refractivity contribution < 1.29 is 9.59 Å². The summed E-state index contributed by atoms with van der Waals surface area (Å²) in [6.45, 7) is 3.59. The molecule has 2 N–H and O–H groups in total. The van der Waals surface area contributed by atoms with Crippen molar-refractivity contribution in [3.8, 4) is 11.1 Å². The normalized spacial score (nSPS) is 12.8. The molecule has 0 saturated carbocycles. The van der Waals surface area contributed by atoms with E-state index in [1.54, 1.807) is 18.5 Å². The third-order valence-electron chi connectivity index (χ3n) is 7.50. The second-order valence-corrected chi connectivity index (χ2v) is 10.3. The lowest BCUT2D eigenvalue weighted by Crippen LogP contribution is -2.24. The number of amides is 1. The predicted molar refractivity (Wildman–Crippen MR) is 156 cm³/mol. The van der Waals surface area contributed by atoms with Gasteiger partial charge in [0, 0.05) is 67.6 Å². The third kappa shape index (κ3) is 4.65. The van der Waals surface area contributed by atoms with E-state index in [4.69, 9.17) is 11.6 Å². The van der Waals surface area contributed by atoms with E-state index in [-0.39, 0.29) is 5.91 Å². The van der Waals surface area contributed by atoms with Gasteiger partial charge in [-0.05, 0) is 41.8 Å². The molecule has 2 aromatic carbocycles. The maximum Gasteiger partial charge on any atom is 0.291 e. The van der Waals surface area contributed by atoms with Gasteiger partial charge in [0.2, 0.25) is 0 Å². The Balaban J connectivity index is 1.31. The molecular formula is C31H27ClN6O2. The van der Waals surface area contributed by atoms with Crippen molar-refractivity contribution in [2.24, 2.45) is 7.05 Å². The molecule has 0 fully saturated rings. The topological polar surface area (TPSA) is 102 Å². The minimum atomic E-state index is -0.298. The molecule has 1 aliphatic rings. The third-order valence-corrected chi connectivity index (χ3v) is 7.91. The summed E-state index contributed by atoms with van der Waals surface area (Å²) in [6.07, 6.45) is 5.51. The Morgan fingerprint density at radius 3 is 2.80 bits per heavy atom. The predicted octanol–water partition coefficient (Wildman–Crippen LogP) is 5.29. The maximum atomic E-state index is 13.2. The Kier molecular flexibility index (Phi) is 6.88. The van der Waals surface area contributed by atoms with Gasteiger partial charge < -0.3 is 15.2 Å². The monoisotopic (exact) mass is 550 g/mol. The van der Waals surface area contributed by atoms with Gasteiger partial charge in [0.15, 0.2) is 12.1 Å². The van der Waals surface area contributed by atoms with E-state index in [0.717, 1.165) is 69.5 Å². The number of aromatic nitrogens is 4. The average Bonchev–Trinajstić information content (AvgIpc) is 3.32. The molecule has 8 nitrogen and oxygen atoms in total. The Bertz CT molecular complexity index is 1790. The van der Waals surface area contributed by atoms with Crippen molar-refractivity contribution in [3.05, 3.63) is 106 Å². The molecule has 0 radical (unpaired) electrons. The van der Waals surface area contributed by atoms with Gasteiger partial charge in [0.25, 0.3) is 5.91 Å². The first-order valence-corrected chi connectivity index (χ1v) is 13.4. The van der Waals surface area contributed by atoms with Gasteiger partial charge in [-0.2, -0.15) is 0 Å². The van der Waals surface area contributed by atoms with Crippen LogP contribution < -0.4 is 10.6 Å². The minimum absolute atomic E-state index is 0.298. The van der Waals surface area contributed by atoms with Gasteiger partial charge in [0.1, 0.15) is 0 Å². The molecule has 4 heterocycles. The average molecular weight is 551 g/mol. The Labute approximate surface area is 236 Å². The van der Waals surface area contributed by atoms with Crippen LogP contribution in [0.3, 0.4) is 0 Å². The fourth-order valence-electron chi connectivity index (χ4n) is 5.35. The second kappa shape index (κ2) is 10.6. The number of pyridine rings is 2. The molecule has 0 bridgehead atoms. The van der Waals surface area contributed by atoms with E-state index < -0.39 is 0 Å². The fourth-order valence-corrected chi connectivity index (χ4v) is 5.63. The highest BCUT2D eigenvalue weighted by atomic mass is 35.5. The van der Waals surface area contributed by atoms with Crippen molar-refractivity contribution in [1.82, 2.24) is 24.8 Å². The quantitative estimate of drug-likeness (QED) is 0.278. The van der Waals surface area contributed by atoms with E-state index in [2.05, 4.69) is 38.6 Å². The number of imidazole rings is 1. The lowest BCUT2D eigenvalue weighted by atomic mass is 9.93. The van der Waals surface area contributed by atoms with Crippen LogP contribution in [0.2, 0.25) is 5.02 Å². The zero-order valence-electron chi connectivity index (χ0n) is 22.2. The number of hydrogen-bond donors (Lipinski definition) is 2. The van der Waals surface area contributed by atoms with E-state index in [9.17, 15) is 9.59 Å². The number of fused-ring (bicyclic) bond motifs is 2. The number of hydrogen-bond acceptors (Lipinski definition) is 6.